The molecule has 12 heteroatoms. The number of hydrogen-bond donors (Lipinski definition) is 11. The second-order valence-corrected chi connectivity index (χ2v) is 10.2. The van der Waals surface area contributed by atoms with E-state index in [4.69, 9.17) is 4.42 Å². The Morgan fingerprint density at radius 1 is 0.364 bits per heavy atom. The minimum Gasteiger partial charge on any atom is -0.506 e. The third-order valence-corrected chi connectivity index (χ3v) is 7.80. The lowest BCUT2D eigenvalue weighted by atomic mass is 9.84. The van der Waals surface area contributed by atoms with E-state index in [1.54, 1.807) is 30.3 Å². The van der Waals surface area contributed by atoms with Gasteiger partial charge in [-0.2, -0.15) is 0 Å². The highest BCUT2D eigenvalue weighted by Gasteiger charge is 2.32. The van der Waals surface area contributed by atoms with Gasteiger partial charge < -0.3 is 60.6 Å². The minimum absolute atomic E-state index is 0.0847. The van der Waals surface area contributed by atoms with Gasteiger partial charge in [-0.05, 0) is 56.9 Å². The van der Waals surface area contributed by atoms with Crippen molar-refractivity contribution in [2.24, 2.45) is 0 Å². The number of benzene rings is 6. The Hall–Kier alpha value is -6.56. The Kier molecular flexibility index (Phi) is 5.22. The number of rotatable bonds is 2. The van der Waals surface area contributed by atoms with E-state index in [0.29, 0.717) is 11.1 Å². The van der Waals surface area contributed by atoms with Gasteiger partial charge in [-0.3, -0.25) is 0 Å². The summed E-state index contributed by atoms with van der Waals surface area (Å²) in [4.78, 5) is 0. The van der Waals surface area contributed by atoms with Gasteiger partial charge in [0.25, 0.3) is 0 Å². The van der Waals surface area contributed by atoms with Crippen LogP contribution in [-0.4, -0.2) is 56.2 Å². The predicted molar refractivity (Wildman–Crippen MR) is 158 cm³/mol. The number of phenolic OH excluding ortho intramolecular Hbond substituents is 11. The largest absolute Gasteiger partial charge is 0.506 e. The molecule has 0 aliphatic carbocycles. The molecular formula is C32H20O12. The first-order valence-corrected chi connectivity index (χ1v) is 12.8. The molecule has 1 heterocycles. The van der Waals surface area contributed by atoms with Crippen LogP contribution in [-0.2, 0) is 0 Å². The molecule has 0 unspecified atom stereocenters. The molecule has 0 amide bonds. The van der Waals surface area contributed by atoms with Crippen molar-refractivity contribution in [3.63, 3.8) is 0 Å². The lowest BCUT2D eigenvalue weighted by molar-refractivity contribution is 0.348. The smallest absolute Gasteiger partial charge is 0.208 e. The summed E-state index contributed by atoms with van der Waals surface area (Å²) in [5, 5.41) is 117. The molecule has 11 N–H and O–H groups in total. The first-order valence-electron chi connectivity index (χ1n) is 12.8. The van der Waals surface area contributed by atoms with Crippen molar-refractivity contribution in [1.82, 2.24) is 0 Å². The van der Waals surface area contributed by atoms with Gasteiger partial charge >= 0.3 is 0 Å². The van der Waals surface area contributed by atoms with Gasteiger partial charge in [0.05, 0.1) is 16.3 Å². The molecule has 0 spiro atoms. The van der Waals surface area contributed by atoms with Crippen LogP contribution in [0, 0.1) is 0 Å². The van der Waals surface area contributed by atoms with Crippen molar-refractivity contribution < 1.29 is 60.6 Å². The molecule has 7 rings (SSSR count). The SMILES string of the molecule is Oc1cc2c(-c3ccccc3)c3cc(O)c(O)cc3c(-c3c(O)c(O)c4oc5c(O)c(O)c(O)c(O)c5c4c3O)c2cc1O. The second kappa shape index (κ2) is 8.72. The lowest BCUT2D eigenvalue weighted by Crippen LogP contribution is -1.93. The van der Waals surface area contributed by atoms with Gasteiger partial charge in [0.2, 0.25) is 23.0 Å². The third-order valence-electron chi connectivity index (χ3n) is 7.80. The van der Waals surface area contributed by atoms with Crippen molar-refractivity contribution in [3.05, 3.63) is 54.6 Å². The summed E-state index contributed by atoms with van der Waals surface area (Å²) >= 11 is 0. The van der Waals surface area contributed by atoms with E-state index in [-0.39, 0.29) is 27.1 Å². The molecule has 12 nitrogen and oxygen atoms in total. The maximum Gasteiger partial charge on any atom is 0.208 e. The maximum atomic E-state index is 11.7. The average molecular weight is 597 g/mol. The van der Waals surface area contributed by atoms with Crippen LogP contribution >= 0.6 is 0 Å². The van der Waals surface area contributed by atoms with Gasteiger partial charge in [0.15, 0.2) is 45.7 Å². The summed E-state index contributed by atoms with van der Waals surface area (Å²) in [6, 6.07) is 13.4. The Morgan fingerprint density at radius 3 is 1.27 bits per heavy atom. The molecule has 0 radical (unpaired) electrons. The maximum absolute atomic E-state index is 11.7. The Morgan fingerprint density at radius 2 is 0.773 bits per heavy atom. The average Bonchev–Trinajstić information content (AvgIpc) is 3.41. The van der Waals surface area contributed by atoms with Crippen LogP contribution in [0.15, 0.2) is 59.0 Å². The van der Waals surface area contributed by atoms with E-state index >= 15 is 0 Å². The monoisotopic (exact) mass is 596 g/mol. The third kappa shape index (κ3) is 3.27. The first-order chi connectivity index (χ1) is 20.9. The number of hydrogen-bond acceptors (Lipinski definition) is 12. The summed E-state index contributed by atoms with van der Waals surface area (Å²) in [6.07, 6.45) is 0. The minimum atomic E-state index is -1.16. The first kappa shape index (κ1) is 26.3. The summed E-state index contributed by atoms with van der Waals surface area (Å²) in [5.74, 6) is -9.41. The molecule has 220 valence electrons. The van der Waals surface area contributed by atoms with E-state index in [2.05, 4.69) is 0 Å². The molecule has 6 aromatic carbocycles. The Bertz CT molecular complexity index is 2320. The molecule has 0 saturated heterocycles. The van der Waals surface area contributed by atoms with Gasteiger partial charge in [-0.25, -0.2) is 0 Å². The summed E-state index contributed by atoms with van der Waals surface area (Å²) in [5.41, 5.74) is -0.903. The van der Waals surface area contributed by atoms with E-state index in [1.807, 2.05) is 0 Å². The quantitative estimate of drug-likeness (QED) is 0.0627. The zero-order valence-electron chi connectivity index (χ0n) is 22.0. The molecule has 0 saturated carbocycles. The molecular weight excluding hydrogens is 576 g/mol. The van der Waals surface area contributed by atoms with Crippen molar-refractivity contribution in [2.75, 3.05) is 0 Å². The van der Waals surface area contributed by atoms with Crippen molar-refractivity contribution in [2.45, 2.75) is 0 Å². The van der Waals surface area contributed by atoms with Crippen LogP contribution in [0.2, 0.25) is 0 Å². The summed E-state index contributed by atoms with van der Waals surface area (Å²) in [6.45, 7) is 0. The van der Waals surface area contributed by atoms with Gasteiger partial charge in [0.1, 0.15) is 5.75 Å². The highest BCUT2D eigenvalue weighted by Crippen LogP contribution is 2.60. The molecule has 1 aromatic heterocycles. The number of furan rings is 1. The highest BCUT2D eigenvalue weighted by atomic mass is 16.4. The zero-order chi connectivity index (χ0) is 31.4. The van der Waals surface area contributed by atoms with Crippen LogP contribution in [0.4, 0.5) is 0 Å². The fourth-order valence-corrected chi connectivity index (χ4v) is 5.82. The van der Waals surface area contributed by atoms with Crippen LogP contribution < -0.4 is 0 Å². The zero-order valence-corrected chi connectivity index (χ0v) is 22.0. The number of aromatic hydroxyl groups is 11. The van der Waals surface area contributed by atoms with Crippen LogP contribution in [0.5, 0.6) is 63.2 Å². The van der Waals surface area contributed by atoms with Crippen LogP contribution in [0.1, 0.15) is 0 Å². The second-order valence-electron chi connectivity index (χ2n) is 10.2. The Balaban J connectivity index is 1.77. The lowest BCUT2D eigenvalue weighted by Gasteiger charge is -2.20. The van der Waals surface area contributed by atoms with Gasteiger partial charge in [0, 0.05) is 5.56 Å². The van der Waals surface area contributed by atoms with Crippen molar-refractivity contribution in [3.8, 4) is 85.5 Å². The fourth-order valence-electron chi connectivity index (χ4n) is 5.82. The van der Waals surface area contributed by atoms with Gasteiger partial charge in [-0.1, -0.05) is 30.3 Å². The molecule has 0 atom stereocenters. The summed E-state index contributed by atoms with van der Waals surface area (Å²) in [7, 11) is 0. The fraction of sp³-hybridized carbons (Fsp3) is 0. The molecule has 0 bridgehead atoms. The molecule has 0 aliphatic rings. The summed E-state index contributed by atoms with van der Waals surface area (Å²) < 4.78 is 5.41. The number of fused-ring (bicyclic) bond motifs is 5. The Labute approximate surface area is 244 Å². The topological polar surface area (TPSA) is 236 Å². The van der Waals surface area contributed by atoms with E-state index in [9.17, 15) is 56.2 Å². The molecule has 0 aliphatic heterocycles. The van der Waals surface area contributed by atoms with E-state index in [0.717, 1.165) is 12.1 Å². The van der Waals surface area contributed by atoms with Gasteiger partial charge in [-0.15, -0.1) is 0 Å². The van der Waals surface area contributed by atoms with Crippen LogP contribution in [0.25, 0.3) is 65.7 Å². The molecule has 44 heavy (non-hydrogen) atoms. The normalized spacial score (nSPS) is 11.7. The van der Waals surface area contributed by atoms with E-state index < -0.39 is 90.7 Å². The van der Waals surface area contributed by atoms with Crippen molar-refractivity contribution >= 4 is 43.5 Å². The van der Waals surface area contributed by atoms with Crippen LogP contribution in [0.3, 0.4) is 0 Å². The number of phenols is 11. The standard InChI is InChI=1S/C32H20O12/c33-15-6-11-13(8-17(15)35)20(14-9-18(36)16(34)7-12(14)19(11)10-4-2-1-3-5-10)21-24(37)22-23-26(39)27(40)28(41)30(43)32(23)44-31(22)29(42)25(21)38/h1-9,33-43H. The van der Waals surface area contributed by atoms with E-state index in [1.165, 1.54) is 12.1 Å². The molecule has 7 aromatic rings. The predicted octanol–water partition coefficient (Wildman–Crippen LogP) is 5.99. The molecule has 0 fully saturated rings. The highest BCUT2D eigenvalue weighted by molar-refractivity contribution is 6.26. The van der Waals surface area contributed by atoms with Crippen molar-refractivity contribution in [1.29, 1.82) is 0 Å².